The number of hydrazine groups is 1. The van der Waals surface area contributed by atoms with Gasteiger partial charge in [-0.1, -0.05) is 35.9 Å². The molecule has 0 unspecified atom stereocenters. The molecule has 0 aromatic heterocycles. The molecule has 0 aliphatic carbocycles. The monoisotopic (exact) mass is 452 g/mol. The van der Waals surface area contributed by atoms with Crippen molar-refractivity contribution in [3.05, 3.63) is 94.5 Å². The van der Waals surface area contributed by atoms with Gasteiger partial charge in [0.25, 0.3) is 15.9 Å². The number of carbonyl (C=O) groups excluding carboxylic acids is 1. The van der Waals surface area contributed by atoms with Crippen LogP contribution in [0.4, 0.5) is 8.78 Å². The third-order valence-corrected chi connectivity index (χ3v) is 5.44. The summed E-state index contributed by atoms with van der Waals surface area (Å²) in [7, 11) is -4.32. The van der Waals surface area contributed by atoms with Crippen LogP contribution in [0.25, 0.3) is 0 Å². The number of benzene rings is 3. The summed E-state index contributed by atoms with van der Waals surface area (Å²) >= 11 is 5.84. The Balaban J connectivity index is 1.69. The lowest BCUT2D eigenvalue weighted by atomic mass is 10.2. The quantitative estimate of drug-likeness (QED) is 0.534. The molecule has 3 rings (SSSR count). The molecule has 0 saturated heterocycles. The number of rotatable bonds is 7. The second kappa shape index (κ2) is 9.21. The number of nitrogens with one attached hydrogen (secondary N) is 2. The Morgan fingerprint density at radius 3 is 2.37 bits per heavy atom. The summed E-state index contributed by atoms with van der Waals surface area (Å²) in [5, 5.41) is 0.576. The first-order valence-electron chi connectivity index (χ1n) is 8.50. The van der Waals surface area contributed by atoms with Gasteiger partial charge in [-0.25, -0.2) is 17.2 Å². The Hall–Kier alpha value is -3.01. The predicted octanol–water partition coefficient (Wildman–Crippen LogP) is 3.82. The number of hydrogen-bond donors (Lipinski definition) is 2. The number of sulfonamides is 1. The molecule has 0 saturated carbocycles. The van der Waals surface area contributed by atoms with Crippen LogP contribution in [0, 0.1) is 11.6 Å². The summed E-state index contributed by atoms with van der Waals surface area (Å²) in [6.07, 6.45) is 0. The Morgan fingerprint density at radius 1 is 0.967 bits per heavy atom. The Bertz CT molecular complexity index is 1170. The number of hydrogen-bond acceptors (Lipinski definition) is 4. The SMILES string of the molecule is O=C(NNS(=O)(=O)c1ccc(F)c(F)c1)c1ccccc1OCc1ccc(Cl)cc1. The fraction of sp³-hybridized carbons (Fsp3) is 0.0500. The summed E-state index contributed by atoms with van der Waals surface area (Å²) in [5.74, 6) is -3.10. The van der Waals surface area contributed by atoms with Gasteiger partial charge in [0.1, 0.15) is 12.4 Å². The predicted molar refractivity (Wildman–Crippen MR) is 106 cm³/mol. The average Bonchev–Trinajstić information content (AvgIpc) is 2.74. The molecular formula is C20H15ClF2N2O4S. The van der Waals surface area contributed by atoms with Gasteiger partial charge < -0.3 is 4.74 Å². The summed E-state index contributed by atoms with van der Waals surface area (Å²) < 4.78 is 56.3. The van der Waals surface area contributed by atoms with Crippen LogP contribution in [-0.4, -0.2) is 14.3 Å². The van der Waals surface area contributed by atoms with Crippen molar-refractivity contribution in [2.24, 2.45) is 0 Å². The molecule has 0 spiro atoms. The fourth-order valence-electron chi connectivity index (χ4n) is 2.41. The van der Waals surface area contributed by atoms with E-state index in [4.69, 9.17) is 16.3 Å². The molecule has 3 aromatic rings. The van der Waals surface area contributed by atoms with E-state index >= 15 is 0 Å². The lowest BCUT2D eigenvalue weighted by Gasteiger charge is -2.13. The van der Waals surface area contributed by atoms with Crippen LogP contribution < -0.4 is 15.0 Å². The summed E-state index contributed by atoms with van der Waals surface area (Å²) in [4.78, 5) is 13.7. The third kappa shape index (κ3) is 5.32. The minimum absolute atomic E-state index is 0.0689. The normalized spacial score (nSPS) is 11.2. The molecule has 0 fully saturated rings. The molecule has 30 heavy (non-hydrogen) atoms. The van der Waals surface area contributed by atoms with Gasteiger partial charge in [0.15, 0.2) is 11.6 Å². The molecule has 10 heteroatoms. The van der Waals surface area contributed by atoms with Gasteiger partial charge >= 0.3 is 0 Å². The molecule has 0 aliphatic heterocycles. The van der Waals surface area contributed by atoms with Crippen LogP contribution in [0.3, 0.4) is 0 Å². The first kappa shape index (κ1) is 21.7. The van der Waals surface area contributed by atoms with Crippen molar-refractivity contribution in [2.75, 3.05) is 0 Å². The standard InChI is InChI=1S/C20H15ClF2N2O4S/c21-14-7-5-13(6-8-14)12-29-19-4-2-1-3-16(19)20(26)24-25-30(27,28)15-9-10-17(22)18(23)11-15/h1-11,25H,12H2,(H,24,26). The highest BCUT2D eigenvalue weighted by molar-refractivity contribution is 7.89. The fourth-order valence-corrected chi connectivity index (χ4v) is 3.38. The van der Waals surface area contributed by atoms with Gasteiger partial charge in [-0.15, -0.1) is 4.83 Å². The molecule has 1 amide bonds. The van der Waals surface area contributed by atoms with Crippen molar-refractivity contribution >= 4 is 27.5 Å². The van der Waals surface area contributed by atoms with Gasteiger partial charge in [-0.3, -0.25) is 10.2 Å². The molecule has 3 aromatic carbocycles. The van der Waals surface area contributed by atoms with E-state index in [0.29, 0.717) is 17.2 Å². The van der Waals surface area contributed by atoms with Gasteiger partial charge in [0.2, 0.25) is 0 Å². The maximum absolute atomic E-state index is 13.3. The van der Waals surface area contributed by atoms with Crippen LogP contribution in [0.5, 0.6) is 5.75 Å². The highest BCUT2D eigenvalue weighted by atomic mass is 35.5. The molecule has 0 bridgehead atoms. The van der Waals surface area contributed by atoms with E-state index in [-0.39, 0.29) is 17.9 Å². The van der Waals surface area contributed by atoms with Crippen molar-refractivity contribution in [3.63, 3.8) is 0 Å². The van der Waals surface area contributed by atoms with Gasteiger partial charge in [0, 0.05) is 5.02 Å². The molecule has 2 N–H and O–H groups in total. The number of amides is 1. The minimum atomic E-state index is -4.32. The zero-order chi connectivity index (χ0) is 21.7. The maximum atomic E-state index is 13.3. The topological polar surface area (TPSA) is 84.5 Å². The number of halogens is 3. The smallest absolute Gasteiger partial charge is 0.270 e. The second-order valence-corrected chi connectivity index (χ2v) is 8.17. The Morgan fingerprint density at radius 2 is 1.67 bits per heavy atom. The molecule has 0 heterocycles. The summed E-state index contributed by atoms with van der Waals surface area (Å²) in [6.45, 7) is 0.155. The highest BCUT2D eigenvalue weighted by Gasteiger charge is 2.19. The zero-order valence-electron chi connectivity index (χ0n) is 15.2. The minimum Gasteiger partial charge on any atom is -0.488 e. The summed E-state index contributed by atoms with van der Waals surface area (Å²) in [6, 6.07) is 15.2. The van der Waals surface area contributed by atoms with Crippen molar-refractivity contribution in [1.29, 1.82) is 0 Å². The van der Waals surface area contributed by atoms with Crippen LogP contribution in [0.1, 0.15) is 15.9 Å². The first-order chi connectivity index (χ1) is 14.3. The van der Waals surface area contributed by atoms with Crippen molar-refractivity contribution in [1.82, 2.24) is 10.3 Å². The van der Waals surface area contributed by atoms with Crippen molar-refractivity contribution in [3.8, 4) is 5.75 Å². The van der Waals surface area contributed by atoms with Crippen LogP contribution in [0.15, 0.2) is 71.6 Å². The van der Waals surface area contributed by atoms with Gasteiger partial charge in [-0.2, -0.15) is 0 Å². The van der Waals surface area contributed by atoms with E-state index in [9.17, 15) is 22.0 Å². The van der Waals surface area contributed by atoms with Crippen LogP contribution in [-0.2, 0) is 16.6 Å². The second-order valence-electron chi connectivity index (χ2n) is 6.05. The molecule has 0 atom stereocenters. The maximum Gasteiger partial charge on any atom is 0.270 e. The number of ether oxygens (including phenoxy) is 1. The van der Waals surface area contributed by atoms with Gasteiger partial charge in [-0.05, 0) is 48.0 Å². The lowest BCUT2D eigenvalue weighted by molar-refractivity contribution is 0.0940. The van der Waals surface area contributed by atoms with Crippen LogP contribution in [0.2, 0.25) is 5.02 Å². The first-order valence-corrected chi connectivity index (χ1v) is 10.4. The summed E-state index contributed by atoms with van der Waals surface area (Å²) in [5.41, 5.74) is 2.91. The average molecular weight is 453 g/mol. The Kier molecular flexibility index (Phi) is 6.66. The largest absolute Gasteiger partial charge is 0.488 e. The number of para-hydroxylation sites is 1. The molecule has 0 radical (unpaired) electrons. The van der Waals surface area contributed by atoms with E-state index < -0.39 is 32.5 Å². The molecule has 156 valence electrons. The Labute approximate surface area is 176 Å². The lowest BCUT2D eigenvalue weighted by Crippen LogP contribution is -2.41. The van der Waals surface area contributed by atoms with Crippen molar-refractivity contribution in [2.45, 2.75) is 11.5 Å². The third-order valence-electron chi connectivity index (χ3n) is 3.94. The van der Waals surface area contributed by atoms with E-state index in [1.807, 2.05) is 10.3 Å². The molecule has 6 nitrogen and oxygen atoms in total. The van der Waals surface area contributed by atoms with E-state index in [1.54, 1.807) is 42.5 Å². The van der Waals surface area contributed by atoms with E-state index in [0.717, 1.165) is 11.6 Å². The number of carbonyl (C=O) groups is 1. The highest BCUT2D eigenvalue weighted by Crippen LogP contribution is 2.20. The van der Waals surface area contributed by atoms with E-state index in [2.05, 4.69) is 0 Å². The molecule has 0 aliphatic rings. The van der Waals surface area contributed by atoms with Crippen molar-refractivity contribution < 1.29 is 26.7 Å². The molecular weight excluding hydrogens is 438 g/mol. The zero-order valence-corrected chi connectivity index (χ0v) is 16.8. The van der Waals surface area contributed by atoms with Crippen LogP contribution >= 0.6 is 11.6 Å². The van der Waals surface area contributed by atoms with E-state index in [1.165, 1.54) is 6.07 Å². The van der Waals surface area contributed by atoms with Gasteiger partial charge in [0.05, 0.1) is 10.5 Å².